The van der Waals surface area contributed by atoms with E-state index in [0.29, 0.717) is 27.6 Å². The molecule has 0 aliphatic carbocycles. The van der Waals surface area contributed by atoms with Gasteiger partial charge in [-0.1, -0.05) is 53.5 Å². The number of nitrogens with zero attached hydrogens (tertiary/aromatic N) is 2. The van der Waals surface area contributed by atoms with Crippen molar-refractivity contribution < 1.29 is 9.32 Å². The van der Waals surface area contributed by atoms with Gasteiger partial charge < -0.3 is 9.84 Å². The summed E-state index contributed by atoms with van der Waals surface area (Å²) in [6.07, 6.45) is 3.83. The Morgan fingerprint density at radius 2 is 1.93 bits per heavy atom. The van der Waals surface area contributed by atoms with Crippen LogP contribution in [0.15, 0.2) is 53.1 Å². The van der Waals surface area contributed by atoms with Crippen LogP contribution in [0.5, 0.6) is 0 Å². The molecule has 0 unspecified atom stereocenters. The molecule has 0 spiro atoms. The van der Waals surface area contributed by atoms with Crippen LogP contribution in [0.1, 0.15) is 40.9 Å². The summed E-state index contributed by atoms with van der Waals surface area (Å²) in [5, 5.41) is 7.60. The maximum atomic E-state index is 13.0. The summed E-state index contributed by atoms with van der Waals surface area (Å²) < 4.78 is 5.31. The first-order chi connectivity index (χ1) is 14.1. The number of halogens is 1. The van der Waals surface area contributed by atoms with Crippen LogP contribution in [0.25, 0.3) is 11.3 Å². The van der Waals surface area contributed by atoms with Gasteiger partial charge in [-0.05, 0) is 56.6 Å². The van der Waals surface area contributed by atoms with Crippen molar-refractivity contribution in [2.45, 2.75) is 32.7 Å². The van der Waals surface area contributed by atoms with Gasteiger partial charge in [0.15, 0.2) is 0 Å². The van der Waals surface area contributed by atoms with Crippen molar-refractivity contribution in [1.82, 2.24) is 10.1 Å². The number of carbonyl (C=O) groups excluding carboxylic acids is 1. The Bertz CT molecular complexity index is 1010. The van der Waals surface area contributed by atoms with Crippen LogP contribution in [0.2, 0.25) is 5.02 Å². The second-order valence-electron chi connectivity index (χ2n) is 7.43. The number of likely N-dealkylation sites (tertiary alicyclic amines) is 1. The summed E-state index contributed by atoms with van der Waals surface area (Å²) in [6, 6.07) is 15.3. The van der Waals surface area contributed by atoms with Gasteiger partial charge in [0.25, 0.3) is 5.91 Å². The van der Waals surface area contributed by atoms with Gasteiger partial charge in [0.1, 0.15) is 17.0 Å². The number of carbonyl (C=O) groups is 1. The van der Waals surface area contributed by atoms with E-state index >= 15 is 0 Å². The highest BCUT2D eigenvalue weighted by Gasteiger charge is 2.23. The lowest BCUT2D eigenvalue weighted by atomic mass is 10.1. The van der Waals surface area contributed by atoms with Crippen LogP contribution >= 0.6 is 11.6 Å². The van der Waals surface area contributed by atoms with Crippen LogP contribution in [0.3, 0.4) is 0 Å². The number of anilines is 1. The van der Waals surface area contributed by atoms with E-state index in [2.05, 4.69) is 21.4 Å². The molecule has 0 bridgehead atoms. The van der Waals surface area contributed by atoms with Crippen molar-refractivity contribution in [2.75, 3.05) is 18.4 Å². The van der Waals surface area contributed by atoms with Crippen molar-refractivity contribution in [3.05, 3.63) is 70.4 Å². The molecule has 1 N–H and O–H groups in total. The smallest absolute Gasteiger partial charge is 0.261 e. The molecule has 1 fully saturated rings. The Labute approximate surface area is 175 Å². The van der Waals surface area contributed by atoms with Crippen molar-refractivity contribution in [1.29, 1.82) is 0 Å². The molecule has 1 aliphatic rings. The van der Waals surface area contributed by atoms with Crippen molar-refractivity contribution in [3.8, 4) is 11.3 Å². The number of hydrogen-bond acceptors (Lipinski definition) is 4. The average Bonchev–Trinajstić information content (AvgIpc) is 3.11. The molecule has 1 amide bonds. The highest BCUT2D eigenvalue weighted by atomic mass is 35.5. The number of aromatic nitrogens is 1. The van der Waals surface area contributed by atoms with E-state index in [9.17, 15) is 4.79 Å². The van der Waals surface area contributed by atoms with E-state index in [4.69, 9.17) is 16.1 Å². The predicted octanol–water partition coefficient (Wildman–Crippen LogP) is 5.54. The summed E-state index contributed by atoms with van der Waals surface area (Å²) in [7, 11) is 0. The molecule has 2 aromatic carbocycles. The number of rotatable bonds is 5. The van der Waals surface area contributed by atoms with Crippen LogP contribution in [0.4, 0.5) is 5.69 Å². The van der Waals surface area contributed by atoms with Crippen molar-refractivity contribution in [2.24, 2.45) is 0 Å². The number of hydrogen-bond donors (Lipinski definition) is 1. The summed E-state index contributed by atoms with van der Waals surface area (Å²) in [5.41, 5.74) is 3.48. The third kappa shape index (κ3) is 4.52. The fourth-order valence-corrected chi connectivity index (χ4v) is 4.02. The van der Waals surface area contributed by atoms with Crippen molar-refractivity contribution >= 4 is 23.2 Å². The van der Waals surface area contributed by atoms with E-state index in [1.807, 2.05) is 36.4 Å². The van der Waals surface area contributed by atoms with E-state index in [1.165, 1.54) is 24.8 Å². The van der Waals surface area contributed by atoms with E-state index in [0.717, 1.165) is 25.3 Å². The molecule has 0 saturated carbocycles. The minimum Gasteiger partial charge on any atom is -0.360 e. The molecule has 1 saturated heterocycles. The Balaban J connectivity index is 1.54. The molecule has 0 radical (unpaired) electrons. The fourth-order valence-electron chi connectivity index (χ4n) is 3.79. The summed E-state index contributed by atoms with van der Waals surface area (Å²) in [5.74, 6) is 0.204. The maximum absolute atomic E-state index is 13.0. The zero-order chi connectivity index (χ0) is 20.2. The Morgan fingerprint density at radius 1 is 1.14 bits per heavy atom. The largest absolute Gasteiger partial charge is 0.360 e. The first kappa shape index (κ1) is 19.7. The molecule has 1 aromatic heterocycles. The van der Waals surface area contributed by atoms with Crippen LogP contribution in [0, 0.1) is 6.92 Å². The van der Waals surface area contributed by atoms with Gasteiger partial charge in [-0.2, -0.15) is 0 Å². The van der Waals surface area contributed by atoms with E-state index in [-0.39, 0.29) is 5.91 Å². The summed E-state index contributed by atoms with van der Waals surface area (Å²) in [6.45, 7) is 4.91. The molecule has 6 heteroatoms. The van der Waals surface area contributed by atoms with Crippen molar-refractivity contribution in [3.63, 3.8) is 0 Å². The number of piperidine rings is 1. The number of aryl methyl sites for hydroxylation is 1. The second-order valence-corrected chi connectivity index (χ2v) is 7.84. The second kappa shape index (κ2) is 8.80. The SMILES string of the molecule is Cc1onc(-c2ccccc2Cl)c1C(=O)Nc1cccc(CN2CCCCC2)c1. The van der Waals surface area contributed by atoms with Gasteiger partial charge >= 0.3 is 0 Å². The first-order valence-corrected chi connectivity index (χ1v) is 10.3. The van der Waals surface area contributed by atoms with Gasteiger partial charge in [0.2, 0.25) is 0 Å². The highest BCUT2D eigenvalue weighted by molar-refractivity contribution is 6.33. The molecule has 2 heterocycles. The Hall–Kier alpha value is -2.63. The van der Waals surface area contributed by atoms with E-state index in [1.54, 1.807) is 13.0 Å². The molecule has 5 nitrogen and oxygen atoms in total. The van der Waals surface area contributed by atoms with Crippen LogP contribution in [-0.2, 0) is 6.54 Å². The Morgan fingerprint density at radius 3 is 2.72 bits per heavy atom. The third-order valence-electron chi connectivity index (χ3n) is 5.26. The van der Waals surface area contributed by atoms with Crippen LogP contribution in [-0.4, -0.2) is 29.1 Å². The normalized spacial score (nSPS) is 14.7. The lowest BCUT2D eigenvalue weighted by Crippen LogP contribution is -2.29. The average molecular weight is 410 g/mol. The van der Waals surface area contributed by atoms with E-state index < -0.39 is 0 Å². The molecule has 3 aromatic rings. The third-order valence-corrected chi connectivity index (χ3v) is 5.59. The summed E-state index contributed by atoms with van der Waals surface area (Å²) >= 11 is 6.30. The minimum absolute atomic E-state index is 0.256. The number of amides is 1. The lowest BCUT2D eigenvalue weighted by molar-refractivity contribution is 0.102. The maximum Gasteiger partial charge on any atom is 0.261 e. The topological polar surface area (TPSA) is 58.4 Å². The number of nitrogens with one attached hydrogen (secondary N) is 1. The lowest BCUT2D eigenvalue weighted by Gasteiger charge is -2.26. The van der Waals surface area contributed by atoms with Gasteiger partial charge in [-0.15, -0.1) is 0 Å². The quantitative estimate of drug-likeness (QED) is 0.600. The number of benzene rings is 2. The highest BCUT2D eigenvalue weighted by Crippen LogP contribution is 2.31. The molecule has 29 heavy (non-hydrogen) atoms. The fraction of sp³-hybridized carbons (Fsp3) is 0.304. The zero-order valence-electron chi connectivity index (χ0n) is 16.5. The van der Waals surface area contributed by atoms with Gasteiger partial charge in [0.05, 0.1) is 5.02 Å². The van der Waals surface area contributed by atoms with Gasteiger partial charge in [-0.25, -0.2) is 0 Å². The molecular weight excluding hydrogens is 386 g/mol. The van der Waals surface area contributed by atoms with Crippen LogP contribution < -0.4 is 5.32 Å². The standard InChI is InChI=1S/C23H24ClN3O2/c1-16-21(22(26-29-16)19-10-3-4-11-20(19)24)23(28)25-18-9-7-8-17(14-18)15-27-12-5-2-6-13-27/h3-4,7-11,14H,2,5-6,12-13,15H2,1H3,(H,25,28). The first-order valence-electron chi connectivity index (χ1n) is 9.95. The molecular formula is C23H24ClN3O2. The summed E-state index contributed by atoms with van der Waals surface area (Å²) in [4.78, 5) is 15.5. The molecule has 4 rings (SSSR count). The van der Waals surface area contributed by atoms with Gasteiger partial charge in [-0.3, -0.25) is 9.69 Å². The predicted molar refractivity (Wildman–Crippen MR) is 115 cm³/mol. The zero-order valence-corrected chi connectivity index (χ0v) is 17.2. The molecule has 0 atom stereocenters. The Kier molecular flexibility index (Phi) is 5.97. The minimum atomic E-state index is -0.256. The molecule has 1 aliphatic heterocycles. The van der Waals surface area contributed by atoms with Gasteiger partial charge in [0, 0.05) is 17.8 Å². The monoisotopic (exact) mass is 409 g/mol. The molecule has 150 valence electrons.